The van der Waals surface area contributed by atoms with Crippen LogP contribution in [0.4, 0.5) is 0 Å². The van der Waals surface area contributed by atoms with E-state index in [2.05, 4.69) is 0 Å². The maximum atomic E-state index is 12.5. The van der Waals surface area contributed by atoms with Gasteiger partial charge in [0.2, 0.25) is 5.09 Å². The number of carboxylic acid groups (broad SMARTS) is 1. The third kappa shape index (κ3) is 3.60. The summed E-state index contributed by atoms with van der Waals surface area (Å²) in [7, 11) is -3.70. The van der Waals surface area contributed by atoms with E-state index in [4.69, 9.17) is 9.52 Å². The number of hydrogen-bond donors (Lipinski definition) is 2. The highest BCUT2D eigenvalue weighted by Gasteiger charge is 2.39. The van der Waals surface area contributed by atoms with Gasteiger partial charge in [0.05, 0.1) is 18.3 Å². The van der Waals surface area contributed by atoms with E-state index >= 15 is 0 Å². The second kappa shape index (κ2) is 6.62. The van der Waals surface area contributed by atoms with Crippen LogP contribution in [0.25, 0.3) is 0 Å². The van der Waals surface area contributed by atoms with E-state index in [-0.39, 0.29) is 37.4 Å². The molecule has 0 atom stereocenters. The van der Waals surface area contributed by atoms with Gasteiger partial charge in [-0.05, 0) is 36.1 Å². The van der Waals surface area contributed by atoms with Crippen LogP contribution in [0.5, 0.6) is 0 Å². The third-order valence-electron chi connectivity index (χ3n) is 4.46. The first kappa shape index (κ1) is 17.7. The predicted octanol–water partition coefficient (Wildman–Crippen LogP) is 1.58. The summed E-state index contributed by atoms with van der Waals surface area (Å²) in [4.78, 5) is 10.9. The van der Waals surface area contributed by atoms with E-state index in [1.54, 1.807) is 24.3 Å². The molecule has 7 nitrogen and oxygen atoms in total. The quantitative estimate of drug-likeness (QED) is 0.833. The molecule has 1 aromatic heterocycles. The Hall–Kier alpha value is -2.16. The van der Waals surface area contributed by atoms with Gasteiger partial charge in [-0.15, -0.1) is 0 Å². The van der Waals surface area contributed by atoms with E-state index in [9.17, 15) is 18.3 Å². The van der Waals surface area contributed by atoms with E-state index in [1.807, 2.05) is 0 Å². The van der Waals surface area contributed by atoms with Crippen LogP contribution < -0.4 is 0 Å². The van der Waals surface area contributed by atoms with Crippen LogP contribution in [0.3, 0.4) is 0 Å². The lowest BCUT2D eigenvalue weighted by Gasteiger charge is -2.37. The number of aliphatic carboxylic acids is 1. The molecule has 0 aliphatic carbocycles. The molecule has 2 aromatic rings. The summed E-state index contributed by atoms with van der Waals surface area (Å²) >= 11 is 0. The lowest BCUT2D eigenvalue weighted by atomic mass is 9.84. The minimum atomic E-state index is -3.70. The van der Waals surface area contributed by atoms with Gasteiger partial charge in [0, 0.05) is 13.1 Å². The molecule has 0 unspecified atom stereocenters. The summed E-state index contributed by atoms with van der Waals surface area (Å²) in [6.07, 6.45) is 1.64. The molecule has 134 valence electrons. The predicted molar refractivity (Wildman–Crippen MR) is 88.4 cm³/mol. The fourth-order valence-electron chi connectivity index (χ4n) is 3.07. The largest absolute Gasteiger partial charge is 0.481 e. The van der Waals surface area contributed by atoms with Crippen molar-refractivity contribution in [2.75, 3.05) is 13.1 Å². The molecule has 1 aliphatic rings. The SMILES string of the molecule is O=C(O)Cc1cccc(C2(O)CCN(S(=O)(=O)c3ccco3)CC2)c1. The molecule has 8 heteroatoms. The van der Waals surface area contributed by atoms with Gasteiger partial charge in [-0.3, -0.25) is 4.79 Å². The number of piperidine rings is 1. The summed E-state index contributed by atoms with van der Waals surface area (Å²) < 4.78 is 31.2. The summed E-state index contributed by atoms with van der Waals surface area (Å²) in [5.41, 5.74) is 0.0364. The van der Waals surface area contributed by atoms with Gasteiger partial charge in [-0.1, -0.05) is 24.3 Å². The highest BCUT2D eigenvalue weighted by Crippen LogP contribution is 2.35. The van der Waals surface area contributed by atoms with Gasteiger partial charge < -0.3 is 14.6 Å². The van der Waals surface area contributed by atoms with E-state index in [0.717, 1.165) is 0 Å². The normalized spacial score (nSPS) is 18.1. The van der Waals surface area contributed by atoms with Crippen molar-refractivity contribution in [1.82, 2.24) is 4.31 Å². The second-order valence-corrected chi connectivity index (χ2v) is 8.01. The zero-order valence-corrected chi connectivity index (χ0v) is 14.3. The first-order valence-electron chi connectivity index (χ1n) is 7.88. The molecule has 1 fully saturated rings. The van der Waals surface area contributed by atoms with Gasteiger partial charge in [0.1, 0.15) is 0 Å². The minimum absolute atomic E-state index is 0.110. The Balaban J connectivity index is 1.76. The van der Waals surface area contributed by atoms with Crippen LogP contribution in [-0.4, -0.2) is 42.0 Å². The van der Waals surface area contributed by atoms with Crippen LogP contribution in [-0.2, 0) is 26.8 Å². The van der Waals surface area contributed by atoms with Gasteiger partial charge in [0.15, 0.2) is 0 Å². The highest BCUT2D eigenvalue weighted by molar-refractivity contribution is 7.89. The fraction of sp³-hybridized carbons (Fsp3) is 0.353. The molecule has 0 bridgehead atoms. The van der Waals surface area contributed by atoms with Crippen molar-refractivity contribution >= 4 is 16.0 Å². The summed E-state index contributed by atoms with van der Waals surface area (Å²) in [5.74, 6) is -0.941. The molecule has 25 heavy (non-hydrogen) atoms. The van der Waals surface area contributed by atoms with Crippen LogP contribution >= 0.6 is 0 Å². The van der Waals surface area contributed by atoms with Crippen LogP contribution in [0.2, 0.25) is 0 Å². The molecule has 0 saturated carbocycles. The maximum Gasteiger partial charge on any atom is 0.307 e. The number of carbonyl (C=O) groups is 1. The second-order valence-electron chi connectivity index (χ2n) is 6.14. The van der Waals surface area contributed by atoms with Crippen LogP contribution in [0, 0.1) is 0 Å². The number of furan rings is 1. The first-order chi connectivity index (χ1) is 11.8. The van der Waals surface area contributed by atoms with Crippen molar-refractivity contribution in [3.05, 3.63) is 53.8 Å². The first-order valence-corrected chi connectivity index (χ1v) is 9.32. The smallest absolute Gasteiger partial charge is 0.307 e. The Morgan fingerprint density at radius 3 is 2.52 bits per heavy atom. The molecule has 2 N–H and O–H groups in total. The minimum Gasteiger partial charge on any atom is -0.481 e. The van der Waals surface area contributed by atoms with Crippen molar-refractivity contribution in [2.24, 2.45) is 0 Å². The lowest BCUT2D eigenvalue weighted by molar-refractivity contribution is -0.136. The number of aliphatic hydroxyl groups is 1. The Morgan fingerprint density at radius 2 is 1.92 bits per heavy atom. The topological polar surface area (TPSA) is 108 Å². The molecule has 0 spiro atoms. The van der Waals surface area contributed by atoms with Crippen molar-refractivity contribution < 1.29 is 27.8 Å². The zero-order valence-electron chi connectivity index (χ0n) is 13.5. The molecule has 0 amide bonds. The van der Waals surface area contributed by atoms with Crippen molar-refractivity contribution in [1.29, 1.82) is 0 Å². The monoisotopic (exact) mass is 365 g/mol. The Morgan fingerprint density at radius 1 is 1.20 bits per heavy atom. The number of benzene rings is 1. The Kier molecular flexibility index (Phi) is 4.68. The van der Waals surface area contributed by atoms with Crippen molar-refractivity contribution in [3.63, 3.8) is 0 Å². The molecule has 0 radical (unpaired) electrons. The average Bonchev–Trinajstić information content (AvgIpc) is 3.10. The van der Waals surface area contributed by atoms with Gasteiger partial charge >= 0.3 is 5.97 Å². The summed E-state index contributed by atoms with van der Waals surface area (Å²) in [5, 5.41) is 19.7. The molecule has 3 rings (SSSR count). The summed E-state index contributed by atoms with van der Waals surface area (Å²) in [6, 6.07) is 9.72. The van der Waals surface area contributed by atoms with E-state index in [1.165, 1.54) is 22.7 Å². The molecule has 1 aromatic carbocycles. The Labute approximate surface area is 145 Å². The highest BCUT2D eigenvalue weighted by atomic mass is 32.2. The molecule has 1 aliphatic heterocycles. The van der Waals surface area contributed by atoms with E-state index in [0.29, 0.717) is 11.1 Å². The third-order valence-corrected chi connectivity index (χ3v) is 6.24. The molecule has 1 saturated heterocycles. The fourth-order valence-corrected chi connectivity index (χ4v) is 4.41. The number of sulfonamides is 1. The number of hydrogen-bond acceptors (Lipinski definition) is 5. The lowest BCUT2D eigenvalue weighted by Crippen LogP contribution is -2.45. The number of nitrogens with zero attached hydrogens (tertiary/aromatic N) is 1. The van der Waals surface area contributed by atoms with E-state index < -0.39 is 21.6 Å². The summed E-state index contributed by atoms with van der Waals surface area (Å²) in [6.45, 7) is 0.311. The molecule has 2 heterocycles. The maximum absolute atomic E-state index is 12.5. The van der Waals surface area contributed by atoms with Crippen LogP contribution in [0.1, 0.15) is 24.0 Å². The van der Waals surface area contributed by atoms with Gasteiger partial charge in [0.25, 0.3) is 10.0 Å². The van der Waals surface area contributed by atoms with Gasteiger partial charge in [-0.2, -0.15) is 4.31 Å². The molecular weight excluding hydrogens is 346 g/mol. The van der Waals surface area contributed by atoms with Crippen molar-refractivity contribution in [2.45, 2.75) is 30.0 Å². The van der Waals surface area contributed by atoms with Crippen molar-refractivity contribution in [3.8, 4) is 0 Å². The standard InChI is InChI=1S/C17H19NO6S/c19-15(20)12-13-3-1-4-14(11-13)17(21)6-8-18(9-7-17)25(22,23)16-5-2-10-24-16/h1-5,10-11,21H,6-9,12H2,(H,19,20). The number of carboxylic acids is 1. The average molecular weight is 365 g/mol. The van der Waals surface area contributed by atoms with Crippen LogP contribution in [0.15, 0.2) is 52.2 Å². The Bertz CT molecular complexity index is 851. The van der Waals surface area contributed by atoms with Gasteiger partial charge in [-0.25, -0.2) is 8.42 Å². The number of rotatable bonds is 5. The molecular formula is C17H19NO6S. The zero-order chi connectivity index (χ0) is 18.1.